The Morgan fingerprint density at radius 2 is 1.93 bits per heavy atom. The number of halogens is 3. The number of ether oxygens (including phenoxy) is 2. The maximum atomic E-state index is 14.7. The van der Waals surface area contributed by atoms with Crippen LogP contribution in [0.1, 0.15) is 38.2 Å². The van der Waals surface area contributed by atoms with Crippen molar-refractivity contribution in [3.63, 3.8) is 0 Å². The lowest BCUT2D eigenvalue weighted by atomic mass is 9.89. The van der Waals surface area contributed by atoms with Gasteiger partial charge in [-0.05, 0) is 49.9 Å². The van der Waals surface area contributed by atoms with Gasteiger partial charge in [0, 0.05) is 11.5 Å². The summed E-state index contributed by atoms with van der Waals surface area (Å²) in [4.78, 5) is 0. The first-order valence-corrected chi connectivity index (χ1v) is 9.20. The van der Waals surface area contributed by atoms with E-state index in [0.717, 1.165) is 18.9 Å². The third kappa shape index (κ3) is 4.19. The molecular weight excluding hydrogens is 353 g/mol. The van der Waals surface area contributed by atoms with Crippen molar-refractivity contribution >= 4 is 0 Å². The van der Waals surface area contributed by atoms with Crippen molar-refractivity contribution in [3.05, 3.63) is 65.5 Å². The van der Waals surface area contributed by atoms with Crippen LogP contribution in [0.3, 0.4) is 0 Å². The predicted molar refractivity (Wildman–Crippen MR) is 99.5 cm³/mol. The monoisotopic (exact) mass is 376 g/mol. The fourth-order valence-electron chi connectivity index (χ4n) is 3.43. The van der Waals surface area contributed by atoms with Crippen molar-refractivity contribution in [3.8, 4) is 16.9 Å². The Hall–Kier alpha value is -2.27. The first kappa shape index (κ1) is 19.5. The van der Waals surface area contributed by atoms with Crippen molar-refractivity contribution in [2.45, 2.75) is 38.7 Å². The highest BCUT2D eigenvalue weighted by Gasteiger charge is 2.26. The third-order valence-corrected chi connectivity index (χ3v) is 4.81. The molecule has 1 aliphatic rings. The molecule has 1 saturated heterocycles. The summed E-state index contributed by atoms with van der Waals surface area (Å²) in [7, 11) is 0. The average molecular weight is 376 g/mol. The zero-order valence-electron chi connectivity index (χ0n) is 15.5. The average Bonchev–Trinajstić information content (AvgIpc) is 2.67. The van der Waals surface area contributed by atoms with Crippen LogP contribution in [0, 0.1) is 17.5 Å². The lowest BCUT2D eigenvalue weighted by Crippen LogP contribution is -2.24. The Morgan fingerprint density at radius 1 is 1.11 bits per heavy atom. The van der Waals surface area contributed by atoms with Crippen LogP contribution in [0.4, 0.5) is 13.2 Å². The van der Waals surface area contributed by atoms with E-state index in [4.69, 9.17) is 9.47 Å². The minimum Gasteiger partial charge on any atom is -0.491 e. The zero-order chi connectivity index (χ0) is 19.4. The molecule has 1 heterocycles. The Balaban J connectivity index is 1.84. The van der Waals surface area contributed by atoms with Gasteiger partial charge in [-0.3, -0.25) is 0 Å². The van der Waals surface area contributed by atoms with Crippen molar-refractivity contribution in [1.82, 2.24) is 0 Å². The molecule has 1 aliphatic heterocycles. The van der Waals surface area contributed by atoms with Gasteiger partial charge in [0.2, 0.25) is 0 Å². The van der Waals surface area contributed by atoms with Gasteiger partial charge in [0.15, 0.2) is 23.2 Å². The van der Waals surface area contributed by atoms with Crippen LogP contribution in [0.25, 0.3) is 11.1 Å². The third-order valence-electron chi connectivity index (χ3n) is 4.81. The largest absolute Gasteiger partial charge is 0.491 e. The first-order chi connectivity index (χ1) is 13.0. The maximum Gasteiger partial charge on any atom is 0.166 e. The topological polar surface area (TPSA) is 18.5 Å². The van der Waals surface area contributed by atoms with Gasteiger partial charge in [-0.25, -0.2) is 13.2 Å². The van der Waals surface area contributed by atoms with E-state index in [2.05, 4.69) is 0 Å². The highest BCUT2D eigenvalue weighted by Crippen LogP contribution is 2.35. The summed E-state index contributed by atoms with van der Waals surface area (Å²) in [5.74, 6) is -2.55. The summed E-state index contributed by atoms with van der Waals surface area (Å²) in [6, 6.07) is 7.19. The highest BCUT2D eigenvalue weighted by atomic mass is 19.2. The Kier molecular flexibility index (Phi) is 6.22. The van der Waals surface area contributed by atoms with Crippen LogP contribution in [0.5, 0.6) is 5.75 Å². The van der Waals surface area contributed by atoms with Gasteiger partial charge in [-0.15, -0.1) is 0 Å². The fourth-order valence-corrected chi connectivity index (χ4v) is 3.43. The molecule has 0 N–H and O–H groups in total. The van der Waals surface area contributed by atoms with Crippen LogP contribution in [-0.4, -0.2) is 19.3 Å². The highest BCUT2D eigenvalue weighted by molar-refractivity contribution is 5.66. The summed E-state index contributed by atoms with van der Waals surface area (Å²) in [5, 5.41) is 0. The van der Waals surface area contributed by atoms with Gasteiger partial charge in [0.1, 0.15) is 0 Å². The van der Waals surface area contributed by atoms with Gasteiger partial charge >= 0.3 is 0 Å². The number of benzene rings is 2. The Bertz CT molecular complexity index is 825. The smallest absolute Gasteiger partial charge is 0.166 e. The van der Waals surface area contributed by atoms with E-state index in [1.54, 1.807) is 13.0 Å². The number of hydrogen-bond acceptors (Lipinski definition) is 2. The van der Waals surface area contributed by atoms with Crippen LogP contribution in [0.2, 0.25) is 0 Å². The van der Waals surface area contributed by atoms with E-state index in [-0.39, 0.29) is 28.9 Å². The molecule has 0 aromatic heterocycles. The lowest BCUT2D eigenvalue weighted by Gasteiger charge is -2.28. The van der Waals surface area contributed by atoms with Gasteiger partial charge in [-0.1, -0.05) is 30.4 Å². The van der Waals surface area contributed by atoms with Crippen LogP contribution in [-0.2, 0) is 4.74 Å². The van der Waals surface area contributed by atoms with E-state index >= 15 is 0 Å². The molecule has 5 heteroatoms. The molecule has 1 fully saturated rings. The van der Waals surface area contributed by atoms with E-state index in [1.165, 1.54) is 18.2 Å². The number of hydrogen-bond donors (Lipinski definition) is 0. The summed E-state index contributed by atoms with van der Waals surface area (Å²) >= 11 is 0. The standard InChI is InChI=1S/C22H23F3O2/c1-3-5-16-8-6-15(13-27-16)18-10-9-17(21(24)22(18)25)14-7-11-20(26-4-2)19(23)12-14/h3,5,7,9-12,15-16H,4,6,8,13H2,1-2H3/b5-3+. The van der Waals surface area contributed by atoms with Gasteiger partial charge in [0.25, 0.3) is 0 Å². The maximum absolute atomic E-state index is 14.7. The second-order valence-electron chi connectivity index (χ2n) is 6.58. The molecular formula is C22H23F3O2. The van der Waals surface area contributed by atoms with Gasteiger partial charge in [0.05, 0.1) is 19.3 Å². The quantitative estimate of drug-likeness (QED) is 0.595. The second-order valence-corrected chi connectivity index (χ2v) is 6.58. The molecule has 144 valence electrons. The minimum atomic E-state index is -0.966. The SMILES string of the molecule is C/C=C/C1CCC(c2ccc(-c3ccc(OCC)c(F)c3)c(F)c2F)CO1. The zero-order valence-corrected chi connectivity index (χ0v) is 15.5. The molecule has 0 aliphatic carbocycles. The molecule has 3 rings (SSSR count). The molecule has 0 bridgehead atoms. The molecule has 0 amide bonds. The minimum absolute atomic E-state index is 0.0294. The summed E-state index contributed by atoms with van der Waals surface area (Å²) < 4.78 is 54.3. The summed E-state index contributed by atoms with van der Waals surface area (Å²) in [5.41, 5.74) is 0.607. The molecule has 2 nitrogen and oxygen atoms in total. The van der Waals surface area contributed by atoms with E-state index in [1.807, 2.05) is 19.1 Å². The normalized spacial score (nSPS) is 20.2. The molecule has 0 radical (unpaired) electrons. The van der Waals surface area contributed by atoms with Crippen LogP contribution >= 0.6 is 0 Å². The van der Waals surface area contributed by atoms with Gasteiger partial charge in [-0.2, -0.15) is 0 Å². The number of rotatable bonds is 5. The molecule has 2 aromatic carbocycles. The molecule has 2 aromatic rings. The molecule has 0 saturated carbocycles. The van der Waals surface area contributed by atoms with E-state index in [9.17, 15) is 13.2 Å². The Morgan fingerprint density at radius 3 is 2.56 bits per heavy atom. The Labute approximate surface area is 157 Å². The van der Waals surface area contributed by atoms with Gasteiger partial charge < -0.3 is 9.47 Å². The van der Waals surface area contributed by atoms with Crippen LogP contribution in [0.15, 0.2) is 42.5 Å². The van der Waals surface area contributed by atoms with Crippen molar-refractivity contribution < 1.29 is 22.6 Å². The molecule has 2 atom stereocenters. The van der Waals surface area contributed by atoms with E-state index in [0.29, 0.717) is 18.8 Å². The molecule has 2 unspecified atom stereocenters. The summed E-state index contributed by atoms with van der Waals surface area (Å²) in [6.07, 6.45) is 5.42. The van der Waals surface area contributed by atoms with Crippen LogP contribution < -0.4 is 4.74 Å². The first-order valence-electron chi connectivity index (χ1n) is 9.20. The lowest BCUT2D eigenvalue weighted by molar-refractivity contribution is 0.0317. The molecule has 27 heavy (non-hydrogen) atoms. The summed E-state index contributed by atoms with van der Waals surface area (Å²) in [6.45, 7) is 4.35. The van der Waals surface area contributed by atoms with Crippen molar-refractivity contribution in [2.24, 2.45) is 0 Å². The fraction of sp³-hybridized carbons (Fsp3) is 0.364. The van der Waals surface area contributed by atoms with Crippen molar-refractivity contribution in [1.29, 1.82) is 0 Å². The van der Waals surface area contributed by atoms with Crippen molar-refractivity contribution in [2.75, 3.05) is 13.2 Å². The van der Waals surface area contributed by atoms with E-state index < -0.39 is 17.5 Å². The number of allylic oxidation sites excluding steroid dienone is 1. The predicted octanol–water partition coefficient (Wildman–Crippen LogP) is 6.01. The molecule has 0 spiro atoms. The second kappa shape index (κ2) is 8.61.